The van der Waals surface area contributed by atoms with Crippen molar-refractivity contribution in [3.8, 4) is 0 Å². The maximum atomic E-state index is 4.99. The second-order valence-corrected chi connectivity index (χ2v) is 3.82. The van der Waals surface area contributed by atoms with Crippen molar-refractivity contribution in [1.29, 1.82) is 0 Å². The van der Waals surface area contributed by atoms with Crippen LogP contribution in [-0.2, 0) is 4.28 Å². The molecule has 0 atom stereocenters. The van der Waals surface area contributed by atoms with Crippen molar-refractivity contribution in [3.63, 3.8) is 0 Å². The minimum atomic E-state index is 1.12. The van der Waals surface area contributed by atoms with E-state index in [-0.39, 0.29) is 0 Å². The van der Waals surface area contributed by atoms with E-state index in [0.717, 1.165) is 10.5 Å². The fraction of sp³-hybridized carbons (Fsp3) is 0. The predicted octanol–water partition coefficient (Wildman–Crippen LogP) is 3.21. The lowest BCUT2D eigenvalue weighted by Gasteiger charge is -2.10. The van der Waals surface area contributed by atoms with Crippen LogP contribution in [0.25, 0.3) is 10.8 Å². The van der Waals surface area contributed by atoms with Gasteiger partial charge < -0.3 is 4.28 Å². The van der Waals surface area contributed by atoms with E-state index in [1.165, 1.54) is 22.8 Å². The summed E-state index contributed by atoms with van der Waals surface area (Å²) in [4.78, 5) is 1.15. The van der Waals surface area contributed by atoms with E-state index in [1.54, 1.807) is 6.21 Å². The van der Waals surface area contributed by atoms with Crippen LogP contribution >= 0.6 is 12.0 Å². The summed E-state index contributed by atoms with van der Waals surface area (Å²) in [5.41, 5.74) is 1.12. The molecule has 2 aromatic rings. The van der Waals surface area contributed by atoms with Crippen molar-refractivity contribution in [2.75, 3.05) is 0 Å². The Morgan fingerprint density at radius 1 is 1.07 bits per heavy atom. The van der Waals surface area contributed by atoms with Crippen molar-refractivity contribution in [2.45, 2.75) is 4.90 Å². The molecule has 0 aliphatic carbocycles. The Morgan fingerprint density at radius 2 is 2.00 bits per heavy atom. The standard InChI is InChI=1S/C11H7NOS/c1-2-4-10-8(3-1)5-6-9-7-12-13-14-11(9)10/h1-7H. The highest BCUT2D eigenvalue weighted by Crippen LogP contribution is 2.33. The molecule has 0 radical (unpaired) electrons. The number of nitrogens with zero attached hydrogens (tertiary/aromatic N) is 1. The van der Waals surface area contributed by atoms with E-state index in [1.807, 2.05) is 12.1 Å². The monoisotopic (exact) mass is 201 g/mol. The number of fused-ring (bicyclic) bond motifs is 3. The normalized spacial score (nSPS) is 13.7. The largest absolute Gasteiger partial charge is 0.317 e. The predicted molar refractivity (Wildman–Crippen MR) is 58.5 cm³/mol. The SMILES string of the molecule is C1=NOSc2c1ccc1ccccc21. The zero-order valence-electron chi connectivity index (χ0n) is 7.31. The van der Waals surface area contributed by atoms with Gasteiger partial charge in [-0.15, -0.1) is 0 Å². The molecule has 0 aromatic heterocycles. The molecular weight excluding hydrogens is 194 g/mol. The molecule has 0 saturated carbocycles. The van der Waals surface area contributed by atoms with Gasteiger partial charge in [-0.25, -0.2) is 0 Å². The zero-order chi connectivity index (χ0) is 9.38. The Bertz CT molecular complexity index is 522. The molecule has 0 fully saturated rings. The molecule has 1 aliphatic heterocycles. The van der Waals surface area contributed by atoms with Gasteiger partial charge in [-0.1, -0.05) is 41.6 Å². The summed E-state index contributed by atoms with van der Waals surface area (Å²) in [6.07, 6.45) is 1.75. The highest BCUT2D eigenvalue weighted by Gasteiger charge is 2.11. The summed E-state index contributed by atoms with van der Waals surface area (Å²) in [6.45, 7) is 0. The van der Waals surface area contributed by atoms with E-state index in [4.69, 9.17) is 4.28 Å². The lowest BCUT2D eigenvalue weighted by atomic mass is 10.1. The van der Waals surface area contributed by atoms with Gasteiger partial charge in [-0.05, 0) is 10.8 Å². The van der Waals surface area contributed by atoms with Crippen LogP contribution in [0.2, 0.25) is 0 Å². The first-order valence-corrected chi connectivity index (χ1v) is 5.08. The van der Waals surface area contributed by atoms with E-state index in [2.05, 4.69) is 29.4 Å². The number of oxime groups is 1. The summed E-state index contributed by atoms with van der Waals surface area (Å²) < 4.78 is 4.99. The molecule has 1 heterocycles. The number of rotatable bonds is 0. The maximum absolute atomic E-state index is 4.99. The Labute approximate surface area is 85.8 Å². The average molecular weight is 201 g/mol. The van der Waals surface area contributed by atoms with Gasteiger partial charge in [0, 0.05) is 5.56 Å². The van der Waals surface area contributed by atoms with Gasteiger partial charge >= 0.3 is 0 Å². The lowest BCUT2D eigenvalue weighted by molar-refractivity contribution is 0.405. The van der Waals surface area contributed by atoms with Crippen molar-refractivity contribution >= 4 is 29.0 Å². The van der Waals surface area contributed by atoms with Crippen LogP contribution in [0.1, 0.15) is 5.56 Å². The Balaban J connectivity index is 2.41. The zero-order valence-corrected chi connectivity index (χ0v) is 8.12. The van der Waals surface area contributed by atoms with Gasteiger partial charge in [-0.2, -0.15) is 0 Å². The fourth-order valence-electron chi connectivity index (χ4n) is 1.59. The third-order valence-electron chi connectivity index (χ3n) is 2.27. The molecule has 0 N–H and O–H groups in total. The van der Waals surface area contributed by atoms with Crippen LogP contribution in [0.5, 0.6) is 0 Å². The Kier molecular flexibility index (Phi) is 1.70. The highest BCUT2D eigenvalue weighted by molar-refractivity contribution is 7.95. The molecule has 14 heavy (non-hydrogen) atoms. The fourth-order valence-corrected chi connectivity index (χ4v) is 2.24. The molecule has 3 heteroatoms. The van der Waals surface area contributed by atoms with Crippen LogP contribution in [0, 0.1) is 0 Å². The molecule has 68 valence electrons. The first kappa shape index (κ1) is 7.88. The molecule has 0 spiro atoms. The van der Waals surface area contributed by atoms with Crippen LogP contribution in [0.4, 0.5) is 0 Å². The second kappa shape index (κ2) is 3.03. The van der Waals surface area contributed by atoms with Crippen molar-refractivity contribution in [3.05, 3.63) is 42.0 Å². The summed E-state index contributed by atoms with van der Waals surface area (Å²) in [6, 6.07) is 12.4. The van der Waals surface area contributed by atoms with Gasteiger partial charge in [0.25, 0.3) is 0 Å². The third-order valence-corrected chi connectivity index (χ3v) is 3.05. The number of hydrogen-bond donors (Lipinski definition) is 0. The lowest BCUT2D eigenvalue weighted by Crippen LogP contribution is -1.92. The van der Waals surface area contributed by atoms with Crippen molar-refractivity contribution < 1.29 is 4.28 Å². The summed E-state index contributed by atoms with van der Waals surface area (Å²) >= 11 is 1.32. The van der Waals surface area contributed by atoms with E-state index in [0.29, 0.717) is 0 Å². The first-order valence-electron chi connectivity index (χ1n) is 4.34. The second-order valence-electron chi connectivity index (χ2n) is 3.10. The van der Waals surface area contributed by atoms with Crippen LogP contribution < -0.4 is 0 Å². The van der Waals surface area contributed by atoms with E-state index >= 15 is 0 Å². The summed E-state index contributed by atoms with van der Waals surface area (Å²) in [7, 11) is 0. The molecule has 0 bridgehead atoms. The topological polar surface area (TPSA) is 21.6 Å². The summed E-state index contributed by atoms with van der Waals surface area (Å²) in [5.74, 6) is 0. The molecule has 0 amide bonds. The summed E-state index contributed by atoms with van der Waals surface area (Å²) in [5, 5.41) is 6.22. The molecule has 1 aliphatic rings. The van der Waals surface area contributed by atoms with Crippen LogP contribution in [0.3, 0.4) is 0 Å². The average Bonchev–Trinajstić information content (AvgIpc) is 2.29. The van der Waals surface area contributed by atoms with Gasteiger partial charge in [-0.3, -0.25) is 0 Å². The molecule has 3 rings (SSSR count). The smallest absolute Gasteiger partial charge is 0.126 e. The Hall–Kier alpha value is -1.48. The maximum Gasteiger partial charge on any atom is 0.126 e. The van der Waals surface area contributed by atoms with Crippen molar-refractivity contribution in [2.24, 2.45) is 5.16 Å². The van der Waals surface area contributed by atoms with Gasteiger partial charge in [0.1, 0.15) is 12.0 Å². The number of hydrogen-bond acceptors (Lipinski definition) is 3. The molecule has 0 saturated heterocycles. The number of benzene rings is 2. The molecule has 2 nitrogen and oxygen atoms in total. The van der Waals surface area contributed by atoms with Gasteiger partial charge in [0.05, 0.1) is 11.1 Å². The quantitative estimate of drug-likeness (QED) is 0.610. The third kappa shape index (κ3) is 1.09. The highest BCUT2D eigenvalue weighted by atomic mass is 32.2. The van der Waals surface area contributed by atoms with E-state index in [9.17, 15) is 0 Å². The minimum absolute atomic E-state index is 1.12. The van der Waals surface area contributed by atoms with E-state index < -0.39 is 0 Å². The Morgan fingerprint density at radius 3 is 3.00 bits per heavy atom. The van der Waals surface area contributed by atoms with Gasteiger partial charge in [0.15, 0.2) is 0 Å². The first-order chi connectivity index (χ1) is 6.95. The molecule has 2 aromatic carbocycles. The molecular formula is C11H7NOS. The minimum Gasteiger partial charge on any atom is -0.317 e. The van der Waals surface area contributed by atoms with Crippen LogP contribution in [-0.4, -0.2) is 6.21 Å². The van der Waals surface area contributed by atoms with Gasteiger partial charge in [0.2, 0.25) is 0 Å². The molecule has 0 unspecified atom stereocenters. The van der Waals surface area contributed by atoms with Crippen LogP contribution in [0.15, 0.2) is 46.4 Å². The van der Waals surface area contributed by atoms with Crippen molar-refractivity contribution in [1.82, 2.24) is 0 Å².